The molecular weight excluding hydrogens is 743 g/mol. The van der Waals surface area contributed by atoms with Gasteiger partial charge in [0.15, 0.2) is 17.5 Å². The summed E-state index contributed by atoms with van der Waals surface area (Å²) in [6.07, 6.45) is 0. The highest BCUT2D eigenvalue weighted by atomic mass is 15.0. The van der Waals surface area contributed by atoms with Crippen molar-refractivity contribution in [3.05, 3.63) is 212 Å². The first kappa shape index (κ1) is 34.7. The van der Waals surface area contributed by atoms with E-state index in [0.717, 1.165) is 61.1 Å². The van der Waals surface area contributed by atoms with Crippen LogP contribution < -0.4 is 0 Å². The maximum Gasteiger partial charge on any atom is 0.164 e. The van der Waals surface area contributed by atoms with E-state index in [1.54, 1.807) is 0 Å². The average molecular weight is 778 g/mol. The number of rotatable bonds is 6. The van der Waals surface area contributed by atoms with Gasteiger partial charge in [-0.05, 0) is 63.7 Å². The lowest BCUT2D eigenvalue weighted by molar-refractivity contribution is 1.07. The van der Waals surface area contributed by atoms with Crippen molar-refractivity contribution in [3.8, 4) is 62.2 Å². The van der Waals surface area contributed by atoms with Crippen LogP contribution in [0.25, 0.3) is 116 Å². The Kier molecular flexibility index (Phi) is 8.10. The van der Waals surface area contributed by atoms with Gasteiger partial charge in [-0.25, -0.2) is 19.9 Å². The van der Waals surface area contributed by atoms with Gasteiger partial charge in [0.05, 0.1) is 22.2 Å². The highest BCUT2D eigenvalue weighted by Crippen LogP contribution is 2.42. The van der Waals surface area contributed by atoms with Crippen molar-refractivity contribution in [3.63, 3.8) is 0 Å². The summed E-state index contributed by atoms with van der Waals surface area (Å²) in [5, 5.41) is 8.20. The molecule has 0 radical (unpaired) electrons. The Bertz CT molecular complexity index is 3550. The fourth-order valence-corrected chi connectivity index (χ4v) is 8.89. The molecule has 0 aliphatic heterocycles. The van der Waals surface area contributed by atoms with E-state index >= 15 is 0 Å². The van der Waals surface area contributed by atoms with Crippen LogP contribution in [0.5, 0.6) is 0 Å². The summed E-state index contributed by atoms with van der Waals surface area (Å²) in [6.45, 7) is 0. The summed E-state index contributed by atoms with van der Waals surface area (Å²) in [4.78, 5) is 20.4. The Morgan fingerprint density at radius 2 is 0.852 bits per heavy atom. The van der Waals surface area contributed by atoms with E-state index in [-0.39, 0.29) is 0 Å². The zero-order valence-electron chi connectivity index (χ0n) is 32.9. The van der Waals surface area contributed by atoms with Crippen LogP contribution in [0.15, 0.2) is 212 Å². The molecule has 61 heavy (non-hydrogen) atoms. The minimum Gasteiger partial charge on any atom is -0.309 e. The largest absolute Gasteiger partial charge is 0.309 e. The lowest BCUT2D eigenvalue weighted by atomic mass is 9.94. The third kappa shape index (κ3) is 5.94. The molecule has 0 fully saturated rings. The van der Waals surface area contributed by atoms with Gasteiger partial charge in [0.1, 0.15) is 0 Å². The van der Waals surface area contributed by atoms with E-state index in [0.29, 0.717) is 17.5 Å². The van der Waals surface area contributed by atoms with Gasteiger partial charge in [0.25, 0.3) is 0 Å². The first-order chi connectivity index (χ1) is 30.2. The molecule has 12 rings (SSSR count). The van der Waals surface area contributed by atoms with E-state index in [1.807, 2.05) is 60.7 Å². The molecule has 0 unspecified atom stereocenters. The molecule has 3 heterocycles. The van der Waals surface area contributed by atoms with Gasteiger partial charge in [-0.15, -0.1) is 0 Å². The average Bonchev–Trinajstić information content (AvgIpc) is 3.66. The van der Waals surface area contributed by atoms with Crippen LogP contribution in [0.1, 0.15) is 0 Å². The first-order valence-corrected chi connectivity index (χ1v) is 20.6. The fourth-order valence-electron chi connectivity index (χ4n) is 8.89. The van der Waals surface area contributed by atoms with Gasteiger partial charge in [-0.1, -0.05) is 176 Å². The zero-order valence-corrected chi connectivity index (χ0v) is 32.9. The molecule has 12 aromatic rings. The van der Waals surface area contributed by atoms with Crippen molar-refractivity contribution >= 4 is 54.3 Å². The second-order valence-electron chi connectivity index (χ2n) is 15.4. The van der Waals surface area contributed by atoms with E-state index in [2.05, 4.69) is 156 Å². The first-order valence-electron chi connectivity index (χ1n) is 20.6. The number of nitrogens with zero attached hydrogens (tertiary/aromatic N) is 5. The second kappa shape index (κ2) is 14.2. The molecule has 5 nitrogen and oxygen atoms in total. The van der Waals surface area contributed by atoms with Crippen molar-refractivity contribution in [1.82, 2.24) is 24.5 Å². The maximum absolute atomic E-state index is 5.57. The summed E-state index contributed by atoms with van der Waals surface area (Å²) in [5.74, 6) is 1.92. The number of fused-ring (bicyclic) bond motifs is 7. The quantitative estimate of drug-likeness (QED) is 0.158. The fraction of sp³-hybridized carbons (Fsp3) is 0. The molecule has 0 atom stereocenters. The van der Waals surface area contributed by atoms with Crippen LogP contribution in [0.4, 0.5) is 0 Å². The smallest absolute Gasteiger partial charge is 0.164 e. The Hall–Kier alpha value is -8.28. The molecule has 0 amide bonds. The topological polar surface area (TPSA) is 56.5 Å². The highest BCUT2D eigenvalue weighted by Gasteiger charge is 2.19. The lowest BCUT2D eigenvalue weighted by Crippen LogP contribution is -2.00. The monoisotopic (exact) mass is 777 g/mol. The number of pyridine rings is 1. The Morgan fingerprint density at radius 1 is 0.295 bits per heavy atom. The SMILES string of the molecule is c1ccc(-c2nc(-c3ccccc3)nc(-c3ccc(-c4ccc5c(c4)nc(-c4cccc6ccccc46)c4cc6c7ccccc7n(-c7ccccc7)c6cc45)cc3)n2)cc1. The number of benzene rings is 9. The molecule has 0 spiro atoms. The Morgan fingerprint density at radius 3 is 1.56 bits per heavy atom. The zero-order chi connectivity index (χ0) is 40.3. The molecular formula is C56H35N5. The molecule has 0 aliphatic carbocycles. The minimum absolute atomic E-state index is 0.630. The van der Waals surface area contributed by atoms with Gasteiger partial charge in [-0.2, -0.15) is 0 Å². The van der Waals surface area contributed by atoms with Crippen molar-refractivity contribution < 1.29 is 0 Å². The van der Waals surface area contributed by atoms with Crippen LogP contribution in [0.3, 0.4) is 0 Å². The van der Waals surface area contributed by atoms with E-state index in [1.165, 1.54) is 38.0 Å². The van der Waals surface area contributed by atoms with Crippen molar-refractivity contribution in [2.45, 2.75) is 0 Å². The minimum atomic E-state index is 0.630. The lowest BCUT2D eigenvalue weighted by Gasteiger charge is -2.15. The second-order valence-corrected chi connectivity index (χ2v) is 15.4. The Balaban J connectivity index is 1.04. The number of para-hydroxylation sites is 2. The number of hydrogen-bond acceptors (Lipinski definition) is 4. The van der Waals surface area contributed by atoms with Gasteiger partial charge >= 0.3 is 0 Å². The third-order valence-corrected chi connectivity index (χ3v) is 11.8. The predicted octanol–water partition coefficient (Wildman–Crippen LogP) is 14.2. The van der Waals surface area contributed by atoms with Crippen LogP contribution in [0.2, 0.25) is 0 Å². The molecule has 284 valence electrons. The summed E-state index contributed by atoms with van der Waals surface area (Å²) >= 11 is 0. The van der Waals surface area contributed by atoms with Crippen molar-refractivity contribution in [1.29, 1.82) is 0 Å². The number of hydrogen-bond donors (Lipinski definition) is 0. The maximum atomic E-state index is 5.57. The van der Waals surface area contributed by atoms with Gasteiger partial charge in [0.2, 0.25) is 0 Å². The van der Waals surface area contributed by atoms with Crippen LogP contribution in [-0.2, 0) is 0 Å². The van der Waals surface area contributed by atoms with Gasteiger partial charge in [0, 0.05) is 49.5 Å². The van der Waals surface area contributed by atoms with Gasteiger partial charge < -0.3 is 4.57 Å². The van der Waals surface area contributed by atoms with Crippen LogP contribution in [-0.4, -0.2) is 24.5 Å². The predicted molar refractivity (Wildman–Crippen MR) is 252 cm³/mol. The van der Waals surface area contributed by atoms with Crippen LogP contribution >= 0.6 is 0 Å². The summed E-state index contributed by atoms with van der Waals surface area (Å²) < 4.78 is 2.39. The third-order valence-electron chi connectivity index (χ3n) is 11.8. The van der Waals surface area contributed by atoms with Crippen LogP contribution in [0, 0.1) is 0 Å². The summed E-state index contributed by atoms with van der Waals surface area (Å²) in [5.41, 5.74) is 11.5. The summed E-state index contributed by atoms with van der Waals surface area (Å²) in [6, 6.07) is 74.6. The molecule has 0 aliphatic rings. The van der Waals surface area contributed by atoms with Crippen molar-refractivity contribution in [2.75, 3.05) is 0 Å². The van der Waals surface area contributed by atoms with E-state index < -0.39 is 0 Å². The molecule has 0 saturated heterocycles. The number of aromatic nitrogens is 5. The molecule has 0 saturated carbocycles. The van der Waals surface area contributed by atoms with Gasteiger partial charge in [-0.3, -0.25) is 0 Å². The van der Waals surface area contributed by atoms with E-state index in [4.69, 9.17) is 19.9 Å². The van der Waals surface area contributed by atoms with Crippen molar-refractivity contribution in [2.24, 2.45) is 0 Å². The molecule has 5 heteroatoms. The molecule has 0 N–H and O–H groups in total. The normalized spacial score (nSPS) is 11.6. The molecule has 3 aromatic heterocycles. The standard InChI is InChI=1S/C56H35N5/c1-4-16-38(17-5-1)54-58-55(39-18-6-2-7-19-39)60-56(59-54)40-29-27-36(28-30-40)41-31-32-44-47-35-52-48(45-24-12-13-26-51(45)61(52)42-21-8-3-9-22-42)34-49(47)53(57-50(44)33-41)46-25-14-20-37-15-10-11-23-43(37)46/h1-35H. The Labute approximate surface area is 351 Å². The molecule has 0 bridgehead atoms. The summed E-state index contributed by atoms with van der Waals surface area (Å²) in [7, 11) is 0. The molecule has 9 aromatic carbocycles. The van der Waals surface area contributed by atoms with E-state index in [9.17, 15) is 0 Å². The highest BCUT2D eigenvalue weighted by molar-refractivity contribution is 6.21.